The van der Waals surface area contributed by atoms with E-state index >= 15 is 0 Å². The number of carbonyl (C=O) groups is 2. The van der Waals surface area contributed by atoms with E-state index < -0.39 is 0 Å². The highest BCUT2D eigenvalue weighted by atomic mass is 32.1. The summed E-state index contributed by atoms with van der Waals surface area (Å²) in [5.41, 5.74) is 0. The molecule has 1 saturated heterocycles. The second kappa shape index (κ2) is 4.87. The van der Waals surface area contributed by atoms with Crippen molar-refractivity contribution in [1.29, 1.82) is 0 Å². The molecule has 0 spiro atoms. The van der Waals surface area contributed by atoms with Gasteiger partial charge in [0.2, 0.25) is 11.8 Å². The number of amides is 2. The predicted octanol–water partition coefficient (Wildman–Crippen LogP) is 1.03. The maximum absolute atomic E-state index is 11.8. The van der Waals surface area contributed by atoms with Crippen LogP contribution in [0.15, 0.2) is 17.5 Å². The number of nitrogens with zero attached hydrogens (tertiary/aromatic N) is 1. The third kappa shape index (κ3) is 2.49. The number of hydrogen-bond acceptors (Lipinski definition) is 3. The van der Waals surface area contributed by atoms with Crippen LogP contribution in [0.3, 0.4) is 0 Å². The average molecular weight is 252 g/mol. The predicted molar refractivity (Wildman–Crippen MR) is 66.8 cm³/mol. The van der Waals surface area contributed by atoms with Crippen LogP contribution in [0, 0.1) is 0 Å². The van der Waals surface area contributed by atoms with Crippen LogP contribution in [-0.4, -0.2) is 35.3 Å². The lowest BCUT2D eigenvalue weighted by atomic mass is 10.1. The molecule has 2 amide bonds. The van der Waals surface area contributed by atoms with Gasteiger partial charge < -0.3 is 10.2 Å². The molecule has 92 valence electrons. The minimum Gasteiger partial charge on any atom is -0.345 e. The zero-order chi connectivity index (χ0) is 12.4. The van der Waals surface area contributed by atoms with E-state index in [9.17, 15) is 9.59 Å². The fourth-order valence-corrected chi connectivity index (χ4v) is 3.02. The Labute approximate surface area is 105 Å². The van der Waals surface area contributed by atoms with E-state index in [1.54, 1.807) is 23.2 Å². The van der Waals surface area contributed by atoms with Gasteiger partial charge in [0.15, 0.2) is 0 Å². The molecule has 0 bridgehead atoms. The number of piperazine rings is 1. The fraction of sp³-hybridized carbons (Fsp3) is 0.500. The Hall–Kier alpha value is -1.36. The van der Waals surface area contributed by atoms with Crippen molar-refractivity contribution in [3.05, 3.63) is 22.4 Å². The van der Waals surface area contributed by atoms with Gasteiger partial charge in [0.25, 0.3) is 0 Å². The highest BCUT2D eigenvalue weighted by Gasteiger charge is 2.34. The number of hydrogen-bond donors (Lipinski definition) is 1. The highest BCUT2D eigenvalue weighted by molar-refractivity contribution is 7.09. The van der Waals surface area contributed by atoms with Crippen molar-refractivity contribution < 1.29 is 9.59 Å². The molecule has 1 N–H and O–H groups in total. The maximum atomic E-state index is 11.8. The van der Waals surface area contributed by atoms with E-state index in [0.717, 1.165) is 6.42 Å². The summed E-state index contributed by atoms with van der Waals surface area (Å²) in [5, 5.41) is 4.62. The van der Waals surface area contributed by atoms with Crippen LogP contribution >= 0.6 is 11.3 Å². The van der Waals surface area contributed by atoms with Crippen LogP contribution in [0.25, 0.3) is 0 Å². The van der Waals surface area contributed by atoms with Crippen LogP contribution < -0.4 is 5.32 Å². The summed E-state index contributed by atoms with van der Waals surface area (Å²) < 4.78 is 0. The van der Waals surface area contributed by atoms with Crippen molar-refractivity contribution in [3.8, 4) is 0 Å². The van der Waals surface area contributed by atoms with E-state index in [2.05, 4.69) is 11.4 Å². The SMILES string of the molecule is CC(Cc1cccs1)N1C(=O)CNC(=O)C1C. The summed E-state index contributed by atoms with van der Waals surface area (Å²) in [6.07, 6.45) is 0.807. The largest absolute Gasteiger partial charge is 0.345 e. The molecule has 2 atom stereocenters. The average Bonchev–Trinajstić information content (AvgIpc) is 2.77. The number of nitrogens with one attached hydrogen (secondary N) is 1. The first-order valence-electron chi connectivity index (χ1n) is 5.71. The smallest absolute Gasteiger partial charge is 0.242 e. The van der Waals surface area contributed by atoms with Gasteiger partial charge in [-0.25, -0.2) is 0 Å². The van der Waals surface area contributed by atoms with Gasteiger partial charge in [-0.15, -0.1) is 11.3 Å². The van der Waals surface area contributed by atoms with E-state index in [1.807, 2.05) is 18.4 Å². The van der Waals surface area contributed by atoms with E-state index in [-0.39, 0.29) is 30.4 Å². The molecule has 1 fully saturated rings. The minimum absolute atomic E-state index is 0.00107. The van der Waals surface area contributed by atoms with E-state index in [1.165, 1.54) is 4.88 Å². The molecular formula is C12H16N2O2S. The van der Waals surface area contributed by atoms with Gasteiger partial charge in [-0.1, -0.05) is 6.07 Å². The van der Waals surface area contributed by atoms with E-state index in [4.69, 9.17) is 0 Å². The molecule has 17 heavy (non-hydrogen) atoms. The van der Waals surface area contributed by atoms with Crippen molar-refractivity contribution >= 4 is 23.2 Å². The van der Waals surface area contributed by atoms with Crippen LogP contribution in [0.2, 0.25) is 0 Å². The highest BCUT2D eigenvalue weighted by Crippen LogP contribution is 2.17. The second-order valence-electron chi connectivity index (χ2n) is 4.33. The Morgan fingerprint density at radius 1 is 1.59 bits per heavy atom. The third-order valence-electron chi connectivity index (χ3n) is 3.05. The fourth-order valence-electron chi connectivity index (χ4n) is 2.19. The first-order valence-corrected chi connectivity index (χ1v) is 6.59. The lowest BCUT2D eigenvalue weighted by Crippen LogP contribution is -2.60. The summed E-state index contributed by atoms with van der Waals surface area (Å²) in [5.74, 6) is -0.0659. The molecule has 2 rings (SSSR count). The van der Waals surface area contributed by atoms with Gasteiger partial charge in [-0.2, -0.15) is 0 Å². The molecule has 4 nitrogen and oxygen atoms in total. The van der Waals surface area contributed by atoms with Crippen molar-refractivity contribution in [2.45, 2.75) is 32.4 Å². The summed E-state index contributed by atoms with van der Waals surface area (Å²) in [6.45, 7) is 3.89. The molecule has 0 aliphatic carbocycles. The molecule has 1 aromatic heterocycles. The third-order valence-corrected chi connectivity index (χ3v) is 3.95. The van der Waals surface area contributed by atoms with Crippen LogP contribution in [-0.2, 0) is 16.0 Å². The molecular weight excluding hydrogens is 236 g/mol. The molecule has 1 aliphatic rings. The van der Waals surface area contributed by atoms with Gasteiger partial charge in [0, 0.05) is 17.3 Å². The zero-order valence-electron chi connectivity index (χ0n) is 9.97. The van der Waals surface area contributed by atoms with Gasteiger partial charge in [-0.3, -0.25) is 9.59 Å². The molecule has 0 radical (unpaired) electrons. The molecule has 2 unspecified atom stereocenters. The van der Waals surface area contributed by atoms with Crippen molar-refractivity contribution in [1.82, 2.24) is 10.2 Å². The van der Waals surface area contributed by atoms with Gasteiger partial charge in [0.1, 0.15) is 6.04 Å². The van der Waals surface area contributed by atoms with Crippen LogP contribution in [0.4, 0.5) is 0 Å². The Morgan fingerprint density at radius 2 is 2.35 bits per heavy atom. The van der Waals surface area contributed by atoms with Crippen molar-refractivity contribution in [2.75, 3.05) is 6.54 Å². The molecule has 0 saturated carbocycles. The number of thiophene rings is 1. The van der Waals surface area contributed by atoms with Crippen molar-refractivity contribution in [2.24, 2.45) is 0 Å². The first-order chi connectivity index (χ1) is 8.09. The Bertz CT molecular complexity index is 416. The minimum atomic E-state index is -0.369. The van der Waals surface area contributed by atoms with Crippen LogP contribution in [0.1, 0.15) is 18.7 Å². The Balaban J connectivity index is 2.08. The monoisotopic (exact) mass is 252 g/mol. The number of carbonyl (C=O) groups excluding carboxylic acids is 2. The maximum Gasteiger partial charge on any atom is 0.242 e. The van der Waals surface area contributed by atoms with Gasteiger partial charge in [-0.05, 0) is 25.3 Å². The Kier molecular flexibility index (Phi) is 3.47. The molecule has 1 aromatic rings. The van der Waals surface area contributed by atoms with Crippen LogP contribution in [0.5, 0.6) is 0 Å². The molecule has 1 aliphatic heterocycles. The van der Waals surface area contributed by atoms with Gasteiger partial charge >= 0.3 is 0 Å². The standard InChI is InChI=1S/C12H16N2O2S/c1-8(6-10-4-3-5-17-10)14-9(2)12(16)13-7-11(14)15/h3-5,8-9H,6-7H2,1-2H3,(H,13,16). The summed E-state index contributed by atoms with van der Waals surface area (Å²) >= 11 is 1.68. The zero-order valence-corrected chi connectivity index (χ0v) is 10.8. The second-order valence-corrected chi connectivity index (χ2v) is 5.36. The summed E-state index contributed by atoms with van der Waals surface area (Å²) in [7, 11) is 0. The first kappa shape index (κ1) is 12.1. The van der Waals surface area contributed by atoms with Crippen molar-refractivity contribution in [3.63, 3.8) is 0 Å². The molecule has 0 aromatic carbocycles. The lowest BCUT2D eigenvalue weighted by molar-refractivity contribution is -0.147. The lowest BCUT2D eigenvalue weighted by Gasteiger charge is -2.37. The Morgan fingerprint density at radius 3 is 3.00 bits per heavy atom. The quantitative estimate of drug-likeness (QED) is 0.873. The summed E-state index contributed by atoms with van der Waals surface area (Å²) in [4.78, 5) is 26.3. The van der Waals surface area contributed by atoms with E-state index in [0.29, 0.717) is 0 Å². The van der Waals surface area contributed by atoms with Gasteiger partial charge in [0.05, 0.1) is 6.54 Å². The molecule has 2 heterocycles. The number of rotatable bonds is 3. The normalized spacial score (nSPS) is 22.5. The molecule has 5 heteroatoms. The summed E-state index contributed by atoms with van der Waals surface area (Å²) in [6, 6.07) is 3.75. The topological polar surface area (TPSA) is 49.4 Å².